The van der Waals surface area contributed by atoms with Crippen molar-refractivity contribution in [2.24, 2.45) is 0 Å². The van der Waals surface area contributed by atoms with E-state index in [1.165, 1.54) is 5.56 Å². The van der Waals surface area contributed by atoms with Gasteiger partial charge in [0.15, 0.2) is 0 Å². The number of allylic oxidation sites excluding steroid dienone is 1. The van der Waals surface area contributed by atoms with Crippen molar-refractivity contribution >= 4 is 11.7 Å². The van der Waals surface area contributed by atoms with Gasteiger partial charge < -0.3 is 10.2 Å². The van der Waals surface area contributed by atoms with Gasteiger partial charge in [-0.05, 0) is 49.6 Å². The van der Waals surface area contributed by atoms with Crippen molar-refractivity contribution in [1.82, 2.24) is 9.88 Å². The Bertz CT molecular complexity index is 462. The van der Waals surface area contributed by atoms with Crippen LogP contribution in [0.15, 0.2) is 30.6 Å². The first kappa shape index (κ1) is 13.6. The lowest BCUT2D eigenvalue weighted by molar-refractivity contribution is -0.129. The van der Waals surface area contributed by atoms with Crippen LogP contribution in [0.3, 0.4) is 0 Å². The SMILES string of the molecule is C/C=C\Nc1cc(C2CCN(C(C)=O)CC2)ccn1. The molecule has 1 fully saturated rings. The summed E-state index contributed by atoms with van der Waals surface area (Å²) in [5.41, 5.74) is 1.31. The number of nitrogens with one attached hydrogen (secondary N) is 1. The molecule has 1 amide bonds. The first-order valence-electron chi connectivity index (χ1n) is 6.80. The third-order valence-electron chi connectivity index (χ3n) is 3.59. The van der Waals surface area contributed by atoms with Gasteiger partial charge in [0.25, 0.3) is 0 Å². The molecule has 0 aliphatic carbocycles. The van der Waals surface area contributed by atoms with Crippen LogP contribution in [-0.2, 0) is 4.79 Å². The Hall–Kier alpha value is -1.84. The summed E-state index contributed by atoms with van der Waals surface area (Å²) in [5, 5.41) is 3.14. The maximum atomic E-state index is 11.3. The zero-order valence-electron chi connectivity index (χ0n) is 11.6. The van der Waals surface area contributed by atoms with E-state index in [1.807, 2.05) is 30.3 Å². The lowest BCUT2D eigenvalue weighted by Gasteiger charge is -2.31. The second kappa shape index (κ2) is 6.36. The van der Waals surface area contributed by atoms with Crippen LogP contribution in [0, 0.1) is 0 Å². The van der Waals surface area contributed by atoms with Gasteiger partial charge in [0.2, 0.25) is 5.91 Å². The fourth-order valence-corrected chi connectivity index (χ4v) is 2.48. The predicted molar refractivity (Wildman–Crippen MR) is 76.9 cm³/mol. The minimum Gasteiger partial charge on any atom is -0.347 e. The van der Waals surface area contributed by atoms with Crippen LogP contribution in [0.2, 0.25) is 0 Å². The predicted octanol–water partition coefficient (Wildman–Crippen LogP) is 2.75. The molecule has 1 saturated heterocycles. The van der Waals surface area contributed by atoms with Crippen LogP contribution in [0.1, 0.15) is 38.2 Å². The summed E-state index contributed by atoms with van der Waals surface area (Å²) in [4.78, 5) is 17.5. The maximum absolute atomic E-state index is 11.3. The molecule has 4 nitrogen and oxygen atoms in total. The number of likely N-dealkylation sites (tertiary alicyclic amines) is 1. The van der Waals surface area contributed by atoms with Crippen molar-refractivity contribution in [3.8, 4) is 0 Å². The zero-order valence-corrected chi connectivity index (χ0v) is 11.6. The lowest BCUT2D eigenvalue weighted by atomic mass is 9.90. The largest absolute Gasteiger partial charge is 0.347 e. The zero-order chi connectivity index (χ0) is 13.7. The molecule has 1 aromatic heterocycles. The molecule has 0 unspecified atom stereocenters. The quantitative estimate of drug-likeness (QED) is 0.907. The van der Waals surface area contributed by atoms with Crippen molar-refractivity contribution < 1.29 is 4.79 Å². The van der Waals surface area contributed by atoms with E-state index in [9.17, 15) is 4.79 Å². The second-order valence-corrected chi connectivity index (χ2v) is 4.90. The monoisotopic (exact) mass is 259 g/mol. The van der Waals surface area contributed by atoms with Crippen molar-refractivity contribution in [2.75, 3.05) is 18.4 Å². The minimum absolute atomic E-state index is 0.184. The second-order valence-electron chi connectivity index (χ2n) is 4.90. The van der Waals surface area contributed by atoms with Gasteiger partial charge >= 0.3 is 0 Å². The van der Waals surface area contributed by atoms with Crippen molar-refractivity contribution in [3.63, 3.8) is 0 Å². The number of hydrogen-bond acceptors (Lipinski definition) is 3. The van der Waals surface area contributed by atoms with E-state index in [4.69, 9.17) is 0 Å². The number of piperidine rings is 1. The first-order chi connectivity index (χ1) is 9.20. The molecule has 1 N–H and O–H groups in total. The van der Waals surface area contributed by atoms with Crippen LogP contribution in [0.25, 0.3) is 0 Å². The van der Waals surface area contributed by atoms with Crippen molar-refractivity contribution in [3.05, 3.63) is 36.2 Å². The number of rotatable bonds is 3. The summed E-state index contributed by atoms with van der Waals surface area (Å²) in [7, 11) is 0. The first-order valence-corrected chi connectivity index (χ1v) is 6.80. The number of pyridine rings is 1. The van der Waals surface area contributed by atoms with Crippen LogP contribution >= 0.6 is 0 Å². The lowest BCUT2D eigenvalue weighted by Crippen LogP contribution is -2.36. The van der Waals surface area contributed by atoms with E-state index >= 15 is 0 Å². The van der Waals surface area contributed by atoms with Gasteiger partial charge in [0, 0.05) is 26.2 Å². The van der Waals surface area contributed by atoms with Gasteiger partial charge in [-0.3, -0.25) is 4.79 Å². The van der Waals surface area contributed by atoms with Crippen LogP contribution in [-0.4, -0.2) is 28.9 Å². The Balaban J connectivity index is 2.01. The molecular formula is C15H21N3O. The smallest absolute Gasteiger partial charge is 0.219 e. The highest BCUT2D eigenvalue weighted by Crippen LogP contribution is 2.28. The van der Waals surface area contributed by atoms with Gasteiger partial charge in [-0.1, -0.05) is 6.08 Å². The number of amides is 1. The van der Waals surface area contributed by atoms with Crippen molar-refractivity contribution in [1.29, 1.82) is 0 Å². The molecule has 0 atom stereocenters. The van der Waals surface area contributed by atoms with Crippen LogP contribution in [0.4, 0.5) is 5.82 Å². The summed E-state index contributed by atoms with van der Waals surface area (Å²) in [5.74, 6) is 1.60. The van der Waals surface area contributed by atoms with E-state index in [0.29, 0.717) is 5.92 Å². The Kier molecular flexibility index (Phi) is 4.55. The molecule has 4 heteroatoms. The molecular weight excluding hydrogens is 238 g/mol. The van der Waals surface area contributed by atoms with E-state index in [-0.39, 0.29) is 5.91 Å². The number of carbonyl (C=O) groups excluding carboxylic acids is 1. The number of anilines is 1. The molecule has 0 spiro atoms. The Morgan fingerprint density at radius 3 is 2.84 bits per heavy atom. The summed E-state index contributed by atoms with van der Waals surface area (Å²) in [6, 6.07) is 4.18. The number of hydrogen-bond donors (Lipinski definition) is 1. The molecule has 0 bridgehead atoms. The molecule has 102 valence electrons. The maximum Gasteiger partial charge on any atom is 0.219 e. The van der Waals surface area contributed by atoms with E-state index < -0.39 is 0 Å². The third-order valence-corrected chi connectivity index (χ3v) is 3.59. The van der Waals surface area contributed by atoms with Gasteiger partial charge in [0.05, 0.1) is 0 Å². The number of aromatic nitrogens is 1. The van der Waals surface area contributed by atoms with Crippen LogP contribution < -0.4 is 5.32 Å². The summed E-state index contributed by atoms with van der Waals surface area (Å²) in [6.07, 6.45) is 7.74. The molecule has 2 rings (SSSR count). The van der Waals surface area contributed by atoms with Crippen molar-refractivity contribution in [2.45, 2.75) is 32.6 Å². The molecule has 1 aliphatic rings. The Morgan fingerprint density at radius 2 is 2.21 bits per heavy atom. The number of carbonyl (C=O) groups is 1. The molecule has 1 aliphatic heterocycles. The molecule has 0 saturated carbocycles. The van der Waals surface area contributed by atoms with E-state index in [1.54, 1.807) is 6.92 Å². The van der Waals surface area contributed by atoms with Gasteiger partial charge in [0.1, 0.15) is 5.82 Å². The molecule has 0 aromatic carbocycles. The fourth-order valence-electron chi connectivity index (χ4n) is 2.48. The van der Waals surface area contributed by atoms with Gasteiger partial charge in [-0.15, -0.1) is 0 Å². The summed E-state index contributed by atoms with van der Waals surface area (Å²) >= 11 is 0. The van der Waals surface area contributed by atoms with E-state index in [2.05, 4.69) is 22.4 Å². The molecule has 1 aromatic rings. The Labute approximate surface area is 114 Å². The molecule has 0 radical (unpaired) electrons. The highest BCUT2D eigenvalue weighted by atomic mass is 16.2. The summed E-state index contributed by atoms with van der Waals surface area (Å²) in [6.45, 7) is 5.33. The average Bonchev–Trinajstić information content (AvgIpc) is 2.45. The highest BCUT2D eigenvalue weighted by molar-refractivity contribution is 5.73. The third kappa shape index (κ3) is 3.56. The normalized spacial score (nSPS) is 16.8. The van der Waals surface area contributed by atoms with E-state index in [0.717, 1.165) is 31.7 Å². The topological polar surface area (TPSA) is 45.2 Å². The molecule has 2 heterocycles. The van der Waals surface area contributed by atoms with Gasteiger partial charge in [-0.2, -0.15) is 0 Å². The average molecular weight is 259 g/mol. The fraction of sp³-hybridized carbons (Fsp3) is 0.467. The van der Waals surface area contributed by atoms with Crippen LogP contribution in [0.5, 0.6) is 0 Å². The molecule has 19 heavy (non-hydrogen) atoms. The number of nitrogens with zero attached hydrogens (tertiary/aromatic N) is 2. The summed E-state index contributed by atoms with van der Waals surface area (Å²) < 4.78 is 0. The van der Waals surface area contributed by atoms with Gasteiger partial charge in [-0.25, -0.2) is 4.98 Å². The minimum atomic E-state index is 0.184. The Morgan fingerprint density at radius 1 is 1.47 bits per heavy atom. The highest BCUT2D eigenvalue weighted by Gasteiger charge is 2.22. The standard InChI is InChI=1S/C15H21N3O/c1-3-7-16-15-11-14(4-8-17-15)13-5-9-18(10-6-13)12(2)19/h3-4,7-8,11,13H,5-6,9-10H2,1-2H3,(H,16,17)/b7-3-.